The molecule has 0 aliphatic carbocycles. The van der Waals surface area contributed by atoms with Gasteiger partial charge in [-0.25, -0.2) is 0 Å². The summed E-state index contributed by atoms with van der Waals surface area (Å²) < 4.78 is 0. The number of thiophene rings is 1. The molecule has 6 heteroatoms. The number of nitrogens with zero attached hydrogens (tertiary/aromatic N) is 1. The first-order valence-corrected chi connectivity index (χ1v) is 7.45. The van der Waals surface area contributed by atoms with Crippen molar-refractivity contribution in [2.75, 3.05) is 0 Å². The summed E-state index contributed by atoms with van der Waals surface area (Å²) in [6, 6.07) is 9.18. The van der Waals surface area contributed by atoms with Crippen LogP contribution in [0, 0.1) is 0 Å². The fourth-order valence-electron chi connectivity index (χ4n) is 1.97. The van der Waals surface area contributed by atoms with Crippen molar-refractivity contribution >= 4 is 23.1 Å². The van der Waals surface area contributed by atoms with Crippen LogP contribution in [0.25, 0.3) is 0 Å². The molecule has 0 aliphatic heterocycles. The number of nitrogens with two attached hydrogens (primary N) is 1. The van der Waals surface area contributed by atoms with Crippen LogP contribution < -0.4 is 11.1 Å². The van der Waals surface area contributed by atoms with Gasteiger partial charge >= 0.3 is 0 Å². The molecule has 1 amide bonds. The minimum atomic E-state index is -0.0731. The Balaban J connectivity index is 2.05. The van der Waals surface area contributed by atoms with E-state index < -0.39 is 0 Å². The number of carbonyl (C=O) groups excluding carboxylic acids is 1. The predicted octanol–water partition coefficient (Wildman–Crippen LogP) is 2.33. The van der Waals surface area contributed by atoms with E-state index in [1.807, 2.05) is 24.4 Å². The van der Waals surface area contributed by atoms with Crippen molar-refractivity contribution < 1.29 is 10.0 Å². The Hall–Kier alpha value is -2.34. The molecule has 0 unspecified atom stereocenters. The van der Waals surface area contributed by atoms with Crippen molar-refractivity contribution in [3.8, 4) is 0 Å². The molecule has 0 radical (unpaired) electrons. The topological polar surface area (TPSA) is 87.7 Å². The predicted molar refractivity (Wildman–Crippen MR) is 83.8 cm³/mol. The Morgan fingerprint density at radius 1 is 1.43 bits per heavy atom. The molecule has 0 bridgehead atoms. The number of aryl methyl sites for hydroxylation is 1. The highest BCUT2D eigenvalue weighted by molar-refractivity contribution is 7.12. The molecule has 1 aromatic heterocycles. The lowest BCUT2D eigenvalue weighted by Crippen LogP contribution is -2.23. The molecular weight excluding hydrogens is 286 g/mol. The first kappa shape index (κ1) is 15.1. The van der Waals surface area contributed by atoms with Gasteiger partial charge in [0.05, 0.1) is 4.88 Å². The van der Waals surface area contributed by atoms with Crippen molar-refractivity contribution in [2.45, 2.75) is 19.9 Å². The van der Waals surface area contributed by atoms with E-state index in [0.717, 1.165) is 22.4 Å². The third kappa shape index (κ3) is 3.61. The van der Waals surface area contributed by atoms with E-state index in [4.69, 9.17) is 10.9 Å². The first-order chi connectivity index (χ1) is 10.2. The monoisotopic (exact) mass is 303 g/mol. The quantitative estimate of drug-likeness (QED) is 0.343. The Labute approximate surface area is 127 Å². The molecule has 2 rings (SSSR count). The molecular formula is C15H17N3O2S. The van der Waals surface area contributed by atoms with Gasteiger partial charge in [-0.3, -0.25) is 4.79 Å². The molecule has 21 heavy (non-hydrogen) atoms. The summed E-state index contributed by atoms with van der Waals surface area (Å²) in [4.78, 5) is 12.9. The highest BCUT2D eigenvalue weighted by Crippen LogP contribution is 2.17. The standard InChI is InChI=1S/C15H17N3O2S/c1-2-11-6-7-21-13(11)15(19)17-9-10-4-3-5-12(8-10)14(16)18-20/h3-8,20H,2,9H2,1H3,(H2,16,18)(H,17,19). The molecule has 0 spiro atoms. The number of hydrogen-bond acceptors (Lipinski definition) is 4. The van der Waals surface area contributed by atoms with Gasteiger partial charge in [-0.05, 0) is 35.1 Å². The molecule has 0 saturated heterocycles. The Morgan fingerprint density at radius 3 is 2.95 bits per heavy atom. The zero-order chi connectivity index (χ0) is 15.2. The van der Waals surface area contributed by atoms with Gasteiger partial charge in [0.25, 0.3) is 5.91 Å². The highest BCUT2D eigenvalue weighted by Gasteiger charge is 2.11. The van der Waals surface area contributed by atoms with Gasteiger partial charge in [-0.15, -0.1) is 11.3 Å². The van der Waals surface area contributed by atoms with Crippen molar-refractivity contribution in [1.82, 2.24) is 5.32 Å². The van der Waals surface area contributed by atoms with Gasteiger partial charge in [-0.2, -0.15) is 0 Å². The maximum Gasteiger partial charge on any atom is 0.261 e. The van der Waals surface area contributed by atoms with Crippen LogP contribution in [0.15, 0.2) is 40.9 Å². The van der Waals surface area contributed by atoms with E-state index in [2.05, 4.69) is 10.5 Å². The second kappa shape index (κ2) is 6.90. The zero-order valence-electron chi connectivity index (χ0n) is 11.7. The van der Waals surface area contributed by atoms with Gasteiger partial charge in [0, 0.05) is 12.1 Å². The van der Waals surface area contributed by atoms with E-state index in [0.29, 0.717) is 12.1 Å². The van der Waals surface area contributed by atoms with E-state index in [9.17, 15) is 4.79 Å². The van der Waals surface area contributed by atoms with Crippen LogP contribution in [0.1, 0.15) is 33.3 Å². The van der Waals surface area contributed by atoms with E-state index in [1.165, 1.54) is 11.3 Å². The molecule has 5 nitrogen and oxygen atoms in total. The molecule has 1 aromatic carbocycles. The number of carbonyl (C=O) groups is 1. The Morgan fingerprint density at radius 2 is 2.24 bits per heavy atom. The number of amidine groups is 1. The smallest absolute Gasteiger partial charge is 0.261 e. The van der Waals surface area contributed by atoms with Gasteiger partial charge in [0.2, 0.25) is 0 Å². The number of hydrogen-bond donors (Lipinski definition) is 3. The van der Waals surface area contributed by atoms with Crippen LogP contribution in [-0.4, -0.2) is 17.0 Å². The molecule has 0 fully saturated rings. The molecule has 4 N–H and O–H groups in total. The highest BCUT2D eigenvalue weighted by atomic mass is 32.1. The van der Waals surface area contributed by atoms with Gasteiger partial charge in [-0.1, -0.05) is 30.3 Å². The maximum absolute atomic E-state index is 12.1. The number of rotatable bonds is 5. The summed E-state index contributed by atoms with van der Waals surface area (Å²) in [5.41, 5.74) is 8.12. The van der Waals surface area contributed by atoms with E-state index in [1.54, 1.807) is 18.2 Å². The first-order valence-electron chi connectivity index (χ1n) is 6.57. The van der Waals surface area contributed by atoms with Crippen molar-refractivity contribution in [1.29, 1.82) is 0 Å². The summed E-state index contributed by atoms with van der Waals surface area (Å²) >= 11 is 1.44. The van der Waals surface area contributed by atoms with Crippen LogP contribution in [0.5, 0.6) is 0 Å². The zero-order valence-corrected chi connectivity index (χ0v) is 12.5. The number of amides is 1. The van der Waals surface area contributed by atoms with Crippen LogP contribution >= 0.6 is 11.3 Å². The Kier molecular flexibility index (Phi) is 4.94. The lowest BCUT2D eigenvalue weighted by atomic mass is 10.1. The molecule has 0 saturated carbocycles. The second-order valence-electron chi connectivity index (χ2n) is 4.50. The Bertz CT molecular complexity index is 664. The van der Waals surface area contributed by atoms with Gasteiger partial charge in [0.1, 0.15) is 0 Å². The number of nitrogens with one attached hydrogen (secondary N) is 1. The van der Waals surface area contributed by atoms with Crippen LogP contribution in [0.4, 0.5) is 0 Å². The molecule has 1 heterocycles. The van der Waals surface area contributed by atoms with Crippen molar-refractivity contribution in [2.24, 2.45) is 10.9 Å². The fourth-order valence-corrected chi connectivity index (χ4v) is 2.89. The third-order valence-corrected chi connectivity index (χ3v) is 4.07. The van der Waals surface area contributed by atoms with Crippen LogP contribution in [-0.2, 0) is 13.0 Å². The minimum absolute atomic E-state index is 0.0507. The van der Waals surface area contributed by atoms with Crippen LogP contribution in [0.3, 0.4) is 0 Å². The normalized spacial score (nSPS) is 11.4. The summed E-state index contributed by atoms with van der Waals surface area (Å²) in [5.74, 6) is -0.0225. The summed E-state index contributed by atoms with van der Waals surface area (Å²) in [7, 11) is 0. The number of oxime groups is 1. The fraction of sp³-hybridized carbons (Fsp3) is 0.200. The van der Waals surface area contributed by atoms with Gasteiger partial charge < -0.3 is 16.3 Å². The summed E-state index contributed by atoms with van der Waals surface area (Å²) in [6.45, 7) is 2.42. The average molecular weight is 303 g/mol. The summed E-state index contributed by atoms with van der Waals surface area (Å²) in [6.07, 6.45) is 0.839. The number of benzene rings is 1. The third-order valence-electron chi connectivity index (χ3n) is 3.12. The lowest BCUT2D eigenvalue weighted by molar-refractivity contribution is 0.0954. The van der Waals surface area contributed by atoms with E-state index in [-0.39, 0.29) is 11.7 Å². The maximum atomic E-state index is 12.1. The lowest BCUT2D eigenvalue weighted by Gasteiger charge is -2.07. The molecule has 0 aliphatic rings. The minimum Gasteiger partial charge on any atom is -0.409 e. The molecule has 2 aromatic rings. The van der Waals surface area contributed by atoms with E-state index >= 15 is 0 Å². The molecule has 110 valence electrons. The van der Waals surface area contributed by atoms with Crippen molar-refractivity contribution in [3.63, 3.8) is 0 Å². The SMILES string of the molecule is CCc1ccsc1C(=O)NCc1cccc(/C(N)=N/O)c1. The second-order valence-corrected chi connectivity index (χ2v) is 5.41. The van der Waals surface area contributed by atoms with Gasteiger partial charge in [0.15, 0.2) is 5.84 Å². The average Bonchev–Trinajstić information content (AvgIpc) is 3.00. The van der Waals surface area contributed by atoms with Crippen LogP contribution in [0.2, 0.25) is 0 Å². The molecule has 0 atom stereocenters. The summed E-state index contributed by atoms with van der Waals surface area (Å²) in [5, 5.41) is 16.5. The van der Waals surface area contributed by atoms with Crippen molar-refractivity contribution in [3.05, 3.63) is 57.3 Å². The largest absolute Gasteiger partial charge is 0.409 e.